The molecule has 0 bridgehead atoms. The van der Waals surface area contributed by atoms with E-state index in [1.807, 2.05) is 0 Å². The van der Waals surface area contributed by atoms with Gasteiger partial charge in [-0.3, -0.25) is 0 Å². The smallest absolute Gasteiger partial charge is 0.00621 e. The quantitative estimate of drug-likeness (QED) is 0.558. The number of rotatable bonds is 0. The molecule has 1 aromatic rings. The van der Waals surface area contributed by atoms with Gasteiger partial charge in [0.05, 0.1) is 0 Å². The zero-order valence-electron chi connectivity index (χ0n) is 10.1. The lowest BCUT2D eigenvalue weighted by Gasteiger charge is -2.34. The Morgan fingerprint density at radius 1 is 1.00 bits per heavy atom. The topological polar surface area (TPSA) is 0 Å². The molecule has 0 fully saturated rings. The third kappa shape index (κ3) is 1.18. The summed E-state index contributed by atoms with van der Waals surface area (Å²) in [7, 11) is 0. The third-order valence-electron chi connectivity index (χ3n) is 4.43. The molecule has 2 unspecified atom stereocenters. The van der Waals surface area contributed by atoms with Gasteiger partial charge in [-0.2, -0.15) is 0 Å². The summed E-state index contributed by atoms with van der Waals surface area (Å²) in [5.74, 6) is 1.26. The molecular weight excluding hydrogens is 204 g/mol. The van der Waals surface area contributed by atoms with Crippen LogP contribution >= 0.6 is 0 Å². The first kappa shape index (κ1) is 9.47. The van der Waals surface area contributed by atoms with Crippen LogP contribution in [0, 0.1) is 0 Å². The van der Waals surface area contributed by atoms with Gasteiger partial charge < -0.3 is 0 Å². The largest absolute Gasteiger partial charge is 0.0830 e. The molecule has 17 heavy (non-hydrogen) atoms. The van der Waals surface area contributed by atoms with Crippen LogP contribution in [0.1, 0.15) is 53.9 Å². The standard InChI is InChI=1S/C17H16/c1-11-5-6-14-8-7-12-3-2-4-13-9-10-15(11)17(14)16(12)13/h2,4-5,7-10,12,14H,3,6H2,1H3. The average Bonchev–Trinajstić information content (AvgIpc) is 2.38. The molecule has 0 nitrogen and oxygen atoms in total. The van der Waals surface area contributed by atoms with E-state index in [9.17, 15) is 0 Å². The summed E-state index contributed by atoms with van der Waals surface area (Å²) in [6, 6.07) is 4.62. The molecule has 0 amide bonds. The van der Waals surface area contributed by atoms with E-state index in [2.05, 4.69) is 49.4 Å². The molecule has 0 aromatic heterocycles. The summed E-state index contributed by atoms with van der Waals surface area (Å²) in [6.45, 7) is 2.25. The van der Waals surface area contributed by atoms with Crippen molar-refractivity contribution in [1.29, 1.82) is 0 Å². The fraction of sp³-hybridized carbons (Fsp3) is 0.294. The fourth-order valence-corrected chi connectivity index (χ4v) is 3.56. The van der Waals surface area contributed by atoms with Gasteiger partial charge in [-0.1, -0.05) is 42.5 Å². The van der Waals surface area contributed by atoms with Gasteiger partial charge in [-0.25, -0.2) is 0 Å². The van der Waals surface area contributed by atoms with E-state index < -0.39 is 0 Å². The highest BCUT2D eigenvalue weighted by molar-refractivity contribution is 5.76. The van der Waals surface area contributed by atoms with Crippen molar-refractivity contribution in [3.8, 4) is 0 Å². The number of hydrogen-bond donors (Lipinski definition) is 0. The molecule has 0 radical (unpaired) electrons. The highest BCUT2D eigenvalue weighted by atomic mass is 14.3. The van der Waals surface area contributed by atoms with E-state index >= 15 is 0 Å². The van der Waals surface area contributed by atoms with Crippen LogP contribution in [-0.2, 0) is 0 Å². The summed E-state index contributed by atoms with van der Waals surface area (Å²) in [5.41, 5.74) is 7.64. The number of benzene rings is 1. The van der Waals surface area contributed by atoms with Gasteiger partial charge in [0.15, 0.2) is 0 Å². The predicted octanol–water partition coefficient (Wildman–Crippen LogP) is 4.65. The lowest BCUT2D eigenvalue weighted by Crippen LogP contribution is -2.17. The van der Waals surface area contributed by atoms with Crippen molar-refractivity contribution in [3.63, 3.8) is 0 Å². The number of hydrogen-bond acceptors (Lipinski definition) is 0. The van der Waals surface area contributed by atoms with Crippen molar-refractivity contribution >= 4 is 11.6 Å². The van der Waals surface area contributed by atoms with Gasteiger partial charge in [0.25, 0.3) is 0 Å². The molecule has 0 saturated carbocycles. The Bertz CT molecular complexity index is 584. The average molecular weight is 220 g/mol. The normalized spacial score (nSPS) is 27.7. The summed E-state index contributed by atoms with van der Waals surface area (Å²) < 4.78 is 0. The monoisotopic (exact) mass is 220 g/mol. The predicted molar refractivity (Wildman–Crippen MR) is 73.0 cm³/mol. The summed E-state index contributed by atoms with van der Waals surface area (Å²) in [6.07, 6.45) is 14.2. The van der Waals surface area contributed by atoms with Crippen LogP contribution in [0.4, 0.5) is 0 Å². The van der Waals surface area contributed by atoms with Crippen LogP contribution in [-0.4, -0.2) is 0 Å². The molecule has 0 saturated heterocycles. The summed E-state index contributed by atoms with van der Waals surface area (Å²) in [5, 5.41) is 0. The third-order valence-corrected chi connectivity index (χ3v) is 4.43. The van der Waals surface area contributed by atoms with Gasteiger partial charge in [0.2, 0.25) is 0 Å². The maximum Gasteiger partial charge on any atom is 0.00621 e. The molecule has 0 heterocycles. The molecule has 0 aliphatic heterocycles. The van der Waals surface area contributed by atoms with E-state index in [1.165, 1.54) is 29.5 Å². The Morgan fingerprint density at radius 2 is 1.82 bits per heavy atom. The van der Waals surface area contributed by atoms with Crippen LogP contribution < -0.4 is 0 Å². The van der Waals surface area contributed by atoms with Crippen molar-refractivity contribution in [2.24, 2.45) is 0 Å². The minimum absolute atomic E-state index is 0.631. The van der Waals surface area contributed by atoms with Crippen molar-refractivity contribution in [1.82, 2.24) is 0 Å². The first-order chi connectivity index (χ1) is 8.34. The summed E-state index contributed by atoms with van der Waals surface area (Å²) >= 11 is 0. The van der Waals surface area contributed by atoms with Gasteiger partial charge in [0.1, 0.15) is 0 Å². The molecule has 0 spiro atoms. The molecule has 0 N–H and O–H groups in total. The van der Waals surface area contributed by atoms with Crippen molar-refractivity contribution in [2.45, 2.75) is 31.6 Å². The first-order valence-electron chi connectivity index (χ1n) is 6.53. The molecule has 3 aliphatic carbocycles. The molecule has 2 atom stereocenters. The van der Waals surface area contributed by atoms with Crippen LogP contribution in [0.5, 0.6) is 0 Å². The Kier molecular flexibility index (Phi) is 1.80. The zero-order chi connectivity index (χ0) is 11.4. The van der Waals surface area contributed by atoms with E-state index in [4.69, 9.17) is 0 Å². The van der Waals surface area contributed by atoms with Crippen LogP contribution in [0.3, 0.4) is 0 Å². The van der Waals surface area contributed by atoms with Crippen LogP contribution in [0.25, 0.3) is 11.6 Å². The minimum Gasteiger partial charge on any atom is -0.0830 e. The molecule has 84 valence electrons. The Hall–Kier alpha value is -1.56. The SMILES string of the molecule is CC1=CCC2C=CC3CC=Cc4ccc1c2c43. The Balaban J connectivity index is 2.09. The van der Waals surface area contributed by atoms with Crippen LogP contribution in [0.15, 0.2) is 36.4 Å². The van der Waals surface area contributed by atoms with E-state index in [0.717, 1.165) is 0 Å². The van der Waals surface area contributed by atoms with Crippen molar-refractivity contribution < 1.29 is 0 Å². The Labute approximate surface area is 102 Å². The van der Waals surface area contributed by atoms with E-state index in [0.29, 0.717) is 11.8 Å². The Morgan fingerprint density at radius 3 is 2.71 bits per heavy atom. The van der Waals surface area contributed by atoms with Gasteiger partial charge in [-0.15, -0.1) is 0 Å². The van der Waals surface area contributed by atoms with Crippen LogP contribution in [0.2, 0.25) is 0 Å². The molecule has 1 aromatic carbocycles. The van der Waals surface area contributed by atoms with E-state index in [-0.39, 0.29) is 0 Å². The molecular formula is C17H16. The fourth-order valence-electron chi connectivity index (χ4n) is 3.56. The lowest BCUT2D eigenvalue weighted by molar-refractivity contribution is 0.737. The maximum absolute atomic E-state index is 2.43. The first-order valence-corrected chi connectivity index (χ1v) is 6.53. The highest BCUT2D eigenvalue weighted by Gasteiger charge is 2.29. The second-order valence-corrected chi connectivity index (χ2v) is 5.39. The second kappa shape index (κ2) is 3.22. The molecule has 3 aliphatic rings. The van der Waals surface area contributed by atoms with Crippen molar-refractivity contribution in [3.05, 3.63) is 58.7 Å². The number of allylic oxidation sites excluding steroid dienone is 5. The lowest BCUT2D eigenvalue weighted by atomic mass is 9.70. The maximum atomic E-state index is 2.43. The second-order valence-electron chi connectivity index (χ2n) is 5.39. The van der Waals surface area contributed by atoms with Crippen molar-refractivity contribution in [2.75, 3.05) is 0 Å². The highest BCUT2D eigenvalue weighted by Crippen LogP contribution is 2.47. The summed E-state index contributed by atoms with van der Waals surface area (Å²) in [4.78, 5) is 0. The zero-order valence-corrected chi connectivity index (χ0v) is 10.1. The van der Waals surface area contributed by atoms with E-state index in [1.54, 1.807) is 11.1 Å². The minimum atomic E-state index is 0.631. The van der Waals surface area contributed by atoms with Gasteiger partial charge in [0, 0.05) is 11.8 Å². The van der Waals surface area contributed by atoms with Gasteiger partial charge in [-0.05, 0) is 47.6 Å². The molecule has 0 heteroatoms. The molecule has 4 rings (SSSR count). The van der Waals surface area contributed by atoms with Gasteiger partial charge >= 0.3 is 0 Å².